The second-order valence-corrected chi connectivity index (χ2v) is 7.83. The molecule has 0 amide bonds. The lowest BCUT2D eigenvalue weighted by Gasteiger charge is -2.31. The fourth-order valence-corrected chi connectivity index (χ4v) is 4.98. The van der Waals surface area contributed by atoms with Crippen LogP contribution in [-0.4, -0.2) is 29.2 Å². The molecule has 0 unspecified atom stereocenters. The lowest BCUT2D eigenvalue weighted by molar-refractivity contribution is 0.353. The van der Waals surface area contributed by atoms with Gasteiger partial charge in [-0.1, -0.05) is 6.07 Å². The van der Waals surface area contributed by atoms with E-state index in [0.29, 0.717) is 35.0 Å². The van der Waals surface area contributed by atoms with Crippen molar-refractivity contribution in [1.82, 2.24) is 0 Å². The largest absolute Gasteiger partial charge is 0.493 e. The number of hydrogen-bond donors (Lipinski definition) is 1. The molecule has 0 radical (unpaired) electrons. The Morgan fingerprint density at radius 3 is 2.48 bits per heavy atom. The Labute approximate surface area is 148 Å². The summed E-state index contributed by atoms with van der Waals surface area (Å²) in [7, 11) is -0.729. The number of nitrogens with two attached hydrogens (primary N) is 1. The molecule has 3 rings (SSSR count). The van der Waals surface area contributed by atoms with E-state index in [2.05, 4.69) is 0 Å². The predicted molar refractivity (Wildman–Crippen MR) is 98.0 cm³/mol. The zero-order valence-corrected chi connectivity index (χ0v) is 15.4. The van der Waals surface area contributed by atoms with E-state index in [1.807, 2.05) is 0 Å². The van der Waals surface area contributed by atoms with Crippen LogP contribution in [0.1, 0.15) is 17.5 Å². The number of anilines is 2. The third kappa shape index (κ3) is 2.89. The van der Waals surface area contributed by atoms with Crippen molar-refractivity contribution in [3.8, 4) is 11.5 Å². The van der Waals surface area contributed by atoms with Crippen molar-refractivity contribution in [3.63, 3.8) is 0 Å². The maximum atomic E-state index is 13.3. The minimum absolute atomic E-state index is 0.209. The van der Waals surface area contributed by atoms with Gasteiger partial charge in [0.2, 0.25) is 0 Å². The highest BCUT2D eigenvalue weighted by atomic mass is 32.2. The first-order chi connectivity index (χ1) is 11.9. The number of hydrogen-bond acceptors (Lipinski definition) is 5. The molecule has 6 nitrogen and oxygen atoms in total. The predicted octanol–water partition coefficient (Wildman–Crippen LogP) is 2.74. The van der Waals surface area contributed by atoms with Gasteiger partial charge < -0.3 is 15.2 Å². The minimum atomic E-state index is -3.74. The van der Waals surface area contributed by atoms with Crippen molar-refractivity contribution >= 4 is 21.4 Å². The molecule has 25 heavy (non-hydrogen) atoms. The van der Waals surface area contributed by atoms with Crippen molar-refractivity contribution in [2.45, 2.75) is 24.7 Å². The third-order valence-electron chi connectivity index (χ3n) is 4.49. The normalized spacial score (nSPS) is 14.1. The summed E-state index contributed by atoms with van der Waals surface area (Å²) < 4.78 is 38.6. The Morgan fingerprint density at radius 1 is 1.12 bits per heavy atom. The number of sulfonamides is 1. The first-order valence-electron chi connectivity index (χ1n) is 8.03. The van der Waals surface area contributed by atoms with Crippen LogP contribution in [-0.2, 0) is 16.4 Å². The van der Waals surface area contributed by atoms with Crippen molar-refractivity contribution < 1.29 is 17.9 Å². The second kappa shape index (κ2) is 6.48. The van der Waals surface area contributed by atoms with Crippen LogP contribution in [0, 0.1) is 6.92 Å². The van der Waals surface area contributed by atoms with Crippen LogP contribution in [0.3, 0.4) is 0 Å². The molecule has 0 aromatic heterocycles. The highest BCUT2D eigenvalue weighted by molar-refractivity contribution is 7.92. The Morgan fingerprint density at radius 2 is 1.80 bits per heavy atom. The third-order valence-corrected chi connectivity index (χ3v) is 6.45. The van der Waals surface area contributed by atoms with Gasteiger partial charge in [0.1, 0.15) is 0 Å². The number of rotatable bonds is 4. The molecule has 1 heterocycles. The molecule has 2 aromatic rings. The quantitative estimate of drug-likeness (QED) is 0.846. The Bertz CT molecular complexity index is 910. The molecule has 0 saturated carbocycles. The number of nitrogen functional groups attached to an aromatic ring is 1. The van der Waals surface area contributed by atoms with E-state index in [0.717, 1.165) is 18.4 Å². The molecule has 0 saturated heterocycles. The van der Waals surface area contributed by atoms with Crippen molar-refractivity contribution in [1.29, 1.82) is 0 Å². The second-order valence-electron chi connectivity index (χ2n) is 6.00. The Balaban J connectivity index is 2.15. The minimum Gasteiger partial charge on any atom is -0.493 e. The van der Waals surface area contributed by atoms with E-state index in [-0.39, 0.29) is 4.90 Å². The van der Waals surface area contributed by atoms with Gasteiger partial charge in [-0.25, -0.2) is 8.42 Å². The molecule has 134 valence electrons. The van der Waals surface area contributed by atoms with Gasteiger partial charge in [0, 0.05) is 18.3 Å². The number of fused-ring (bicyclic) bond motifs is 1. The van der Waals surface area contributed by atoms with Crippen molar-refractivity contribution in [2.75, 3.05) is 30.8 Å². The Kier molecular flexibility index (Phi) is 4.51. The number of methoxy groups -OCH3 is 2. The average molecular weight is 362 g/mol. The topological polar surface area (TPSA) is 81.9 Å². The first-order valence-corrected chi connectivity index (χ1v) is 9.47. The van der Waals surface area contributed by atoms with Crippen LogP contribution >= 0.6 is 0 Å². The van der Waals surface area contributed by atoms with E-state index < -0.39 is 10.0 Å². The highest BCUT2D eigenvalue weighted by Crippen LogP contribution is 2.38. The molecule has 0 bridgehead atoms. The monoisotopic (exact) mass is 362 g/mol. The van der Waals surface area contributed by atoms with E-state index in [4.69, 9.17) is 15.2 Å². The van der Waals surface area contributed by atoms with Gasteiger partial charge in [-0.3, -0.25) is 4.31 Å². The lowest BCUT2D eigenvalue weighted by atomic mass is 10.0. The summed E-state index contributed by atoms with van der Waals surface area (Å²) in [6, 6.07) is 8.58. The maximum Gasteiger partial charge on any atom is 0.264 e. The molecule has 2 aromatic carbocycles. The maximum absolute atomic E-state index is 13.3. The highest BCUT2D eigenvalue weighted by Gasteiger charge is 2.31. The molecular formula is C18H22N2O4S. The summed E-state index contributed by atoms with van der Waals surface area (Å²) in [6.45, 7) is 2.17. The summed E-state index contributed by atoms with van der Waals surface area (Å²) in [4.78, 5) is 0.209. The zero-order chi connectivity index (χ0) is 18.2. The summed E-state index contributed by atoms with van der Waals surface area (Å²) in [5, 5.41) is 0. The number of benzene rings is 2. The summed E-state index contributed by atoms with van der Waals surface area (Å²) in [6.07, 6.45) is 1.51. The molecule has 7 heteroatoms. The van der Waals surface area contributed by atoms with Gasteiger partial charge in [0.25, 0.3) is 10.0 Å². The smallest absolute Gasteiger partial charge is 0.264 e. The Hall–Kier alpha value is -2.41. The number of aryl methyl sites for hydroxylation is 1. The molecule has 2 N–H and O–H groups in total. The zero-order valence-electron chi connectivity index (χ0n) is 14.6. The standard InChI is InChI=1S/C18H22N2O4S/c1-12-10-16(23-2)17(24-3)11-18(12)25(21,22)20-9-5-6-13-14(19)7-4-8-15(13)20/h4,7-8,10-11H,5-6,9,19H2,1-3H3. The fourth-order valence-electron chi connectivity index (χ4n) is 3.23. The van der Waals surface area contributed by atoms with E-state index in [9.17, 15) is 8.42 Å². The average Bonchev–Trinajstić information content (AvgIpc) is 2.61. The van der Waals surface area contributed by atoms with E-state index >= 15 is 0 Å². The van der Waals surface area contributed by atoms with Gasteiger partial charge >= 0.3 is 0 Å². The molecule has 0 spiro atoms. The van der Waals surface area contributed by atoms with Crippen LogP contribution in [0.4, 0.5) is 11.4 Å². The molecule has 0 atom stereocenters. The van der Waals surface area contributed by atoms with Gasteiger partial charge in [0.05, 0.1) is 24.8 Å². The molecular weight excluding hydrogens is 340 g/mol. The van der Waals surface area contributed by atoms with Crippen LogP contribution in [0.15, 0.2) is 35.2 Å². The summed E-state index contributed by atoms with van der Waals surface area (Å²) in [5.74, 6) is 0.888. The molecule has 1 aliphatic heterocycles. The first kappa shape index (κ1) is 17.4. The number of ether oxygens (including phenoxy) is 2. The van der Waals surface area contributed by atoms with Gasteiger partial charge in [-0.15, -0.1) is 0 Å². The van der Waals surface area contributed by atoms with Crippen LogP contribution in [0.5, 0.6) is 11.5 Å². The molecule has 0 aliphatic carbocycles. The van der Waals surface area contributed by atoms with Crippen molar-refractivity contribution in [3.05, 3.63) is 41.5 Å². The lowest BCUT2D eigenvalue weighted by Crippen LogP contribution is -2.36. The van der Waals surface area contributed by atoms with Gasteiger partial charge in [-0.05, 0) is 49.1 Å². The van der Waals surface area contributed by atoms with Gasteiger partial charge in [-0.2, -0.15) is 0 Å². The SMILES string of the molecule is COc1cc(C)c(S(=O)(=O)N2CCCc3c(N)cccc32)cc1OC. The fraction of sp³-hybridized carbons (Fsp3) is 0.333. The van der Waals surface area contributed by atoms with Crippen molar-refractivity contribution in [2.24, 2.45) is 0 Å². The number of nitrogens with zero attached hydrogens (tertiary/aromatic N) is 1. The molecule has 0 fully saturated rings. The molecule has 1 aliphatic rings. The summed E-state index contributed by atoms with van der Waals surface area (Å²) >= 11 is 0. The van der Waals surface area contributed by atoms with Crippen LogP contribution in [0.2, 0.25) is 0 Å². The van der Waals surface area contributed by atoms with E-state index in [1.165, 1.54) is 24.6 Å². The van der Waals surface area contributed by atoms with Gasteiger partial charge in [0.15, 0.2) is 11.5 Å². The van der Waals surface area contributed by atoms with Crippen LogP contribution < -0.4 is 19.5 Å². The van der Waals surface area contributed by atoms with Crippen LogP contribution in [0.25, 0.3) is 0 Å². The van der Waals surface area contributed by atoms with E-state index in [1.54, 1.807) is 31.2 Å². The summed E-state index contributed by atoms with van der Waals surface area (Å²) in [5.41, 5.74) is 8.81.